The molecule has 0 radical (unpaired) electrons. The van der Waals surface area contributed by atoms with Crippen LogP contribution in [0.3, 0.4) is 0 Å². The molecular formula is C7H15N4O5-. The maximum absolute atomic E-state index is 10.2. The van der Waals surface area contributed by atoms with Gasteiger partial charge in [0.15, 0.2) is 5.96 Å². The van der Waals surface area contributed by atoms with Crippen molar-refractivity contribution in [3.63, 3.8) is 0 Å². The largest absolute Gasteiger partial charge is 0.565 e. The summed E-state index contributed by atoms with van der Waals surface area (Å²) in [5.74, 6) is -0.987. The van der Waals surface area contributed by atoms with Crippen LogP contribution in [0.1, 0.15) is 12.8 Å². The Bertz CT molecular complexity index is 247. The summed E-state index contributed by atoms with van der Waals surface area (Å²) < 4.78 is 0. The summed E-state index contributed by atoms with van der Waals surface area (Å²) in [5.41, 5.74) is 15.3. The van der Waals surface area contributed by atoms with E-state index in [-0.39, 0.29) is 5.96 Å². The molecule has 1 unspecified atom stereocenters. The van der Waals surface area contributed by atoms with Crippen molar-refractivity contribution in [2.24, 2.45) is 22.2 Å². The first kappa shape index (κ1) is 16.4. The second-order valence-electron chi connectivity index (χ2n) is 2.66. The zero-order valence-electron chi connectivity index (χ0n) is 8.50. The van der Waals surface area contributed by atoms with Gasteiger partial charge >= 0.3 is 5.97 Å². The topological polar surface area (TPSA) is 188 Å². The van der Waals surface area contributed by atoms with Crippen molar-refractivity contribution in [2.45, 2.75) is 18.9 Å². The molecule has 0 spiro atoms. The molecule has 9 nitrogen and oxygen atoms in total. The van der Waals surface area contributed by atoms with Crippen molar-refractivity contribution in [3.05, 3.63) is 0 Å². The Kier molecular flexibility index (Phi) is 9.76. The number of carbonyl (C=O) groups is 2. The number of hydrogen-bond donors (Lipinski definition) is 5. The van der Waals surface area contributed by atoms with Crippen molar-refractivity contribution in [1.29, 1.82) is 0 Å². The monoisotopic (exact) mass is 235 g/mol. The molecule has 0 bridgehead atoms. The van der Waals surface area contributed by atoms with Crippen LogP contribution >= 0.6 is 0 Å². The van der Waals surface area contributed by atoms with Gasteiger partial charge in [-0.2, -0.15) is 0 Å². The minimum atomic E-state index is -2.08. The highest BCUT2D eigenvalue weighted by atomic mass is 16.6. The van der Waals surface area contributed by atoms with Gasteiger partial charge in [0.1, 0.15) is 6.04 Å². The Hall–Kier alpha value is -2.03. The third-order valence-corrected chi connectivity index (χ3v) is 1.28. The van der Waals surface area contributed by atoms with E-state index in [1.165, 1.54) is 0 Å². The van der Waals surface area contributed by atoms with E-state index in [9.17, 15) is 4.79 Å². The summed E-state index contributed by atoms with van der Waals surface area (Å²) >= 11 is 0. The average molecular weight is 235 g/mol. The molecule has 0 aliphatic carbocycles. The second kappa shape index (κ2) is 9.52. The molecule has 0 aromatic rings. The van der Waals surface area contributed by atoms with Gasteiger partial charge in [-0.15, -0.1) is 0 Å². The van der Waals surface area contributed by atoms with Crippen LogP contribution in [0.5, 0.6) is 0 Å². The van der Waals surface area contributed by atoms with E-state index in [1.807, 2.05) is 0 Å². The van der Waals surface area contributed by atoms with Crippen molar-refractivity contribution in [2.75, 3.05) is 6.54 Å². The molecule has 0 amide bonds. The second-order valence-corrected chi connectivity index (χ2v) is 2.66. The molecule has 0 aliphatic rings. The normalized spacial score (nSPS) is 10.6. The predicted molar refractivity (Wildman–Crippen MR) is 53.5 cm³/mol. The number of carboxylic acid groups (broad SMARTS) is 3. The minimum Gasteiger partial charge on any atom is -0.565 e. The lowest BCUT2D eigenvalue weighted by Crippen LogP contribution is -2.30. The van der Waals surface area contributed by atoms with Gasteiger partial charge < -0.3 is 37.3 Å². The van der Waals surface area contributed by atoms with Gasteiger partial charge in [-0.3, -0.25) is 9.79 Å². The minimum absolute atomic E-state index is 0.0129. The van der Waals surface area contributed by atoms with E-state index in [0.717, 1.165) is 0 Å². The number of carboxylic acids is 1. The molecule has 0 saturated heterocycles. The van der Waals surface area contributed by atoms with E-state index in [2.05, 4.69) is 4.99 Å². The van der Waals surface area contributed by atoms with Crippen LogP contribution < -0.4 is 22.3 Å². The van der Waals surface area contributed by atoms with Crippen molar-refractivity contribution < 1.29 is 24.9 Å². The zero-order valence-corrected chi connectivity index (χ0v) is 8.50. The number of aliphatic carboxylic acids is 1. The molecule has 0 rings (SSSR count). The Morgan fingerprint density at radius 3 is 2.06 bits per heavy atom. The van der Waals surface area contributed by atoms with Gasteiger partial charge in [-0.25, -0.2) is 0 Å². The molecule has 0 heterocycles. The first-order valence-electron chi connectivity index (χ1n) is 4.21. The number of nitrogens with zero attached hydrogens (tertiary/aromatic N) is 1. The van der Waals surface area contributed by atoms with E-state index >= 15 is 0 Å². The average Bonchev–Trinajstić information content (AvgIpc) is 2.10. The van der Waals surface area contributed by atoms with Crippen LogP contribution in [0, 0.1) is 0 Å². The van der Waals surface area contributed by atoms with Crippen LogP contribution in [-0.4, -0.2) is 40.9 Å². The lowest BCUT2D eigenvalue weighted by Gasteiger charge is -2.03. The van der Waals surface area contributed by atoms with Gasteiger partial charge in [-0.1, -0.05) is 0 Å². The molecule has 1 atom stereocenters. The first-order valence-corrected chi connectivity index (χ1v) is 4.21. The van der Waals surface area contributed by atoms with Crippen molar-refractivity contribution >= 4 is 18.1 Å². The molecule has 0 aromatic carbocycles. The van der Waals surface area contributed by atoms with E-state index in [4.69, 9.17) is 37.3 Å². The fourth-order valence-corrected chi connectivity index (χ4v) is 0.643. The fourth-order valence-electron chi connectivity index (χ4n) is 0.643. The molecule has 9 heteroatoms. The number of aliphatic imine (C=N–C) groups is 1. The maximum atomic E-state index is 10.2. The number of nitrogens with two attached hydrogens (primary N) is 3. The third-order valence-electron chi connectivity index (χ3n) is 1.28. The SMILES string of the molecule is NC(N)=NCCCC(N)C(=O)O.O=C([O-])O. The number of rotatable bonds is 5. The van der Waals surface area contributed by atoms with Crippen molar-refractivity contribution in [3.8, 4) is 0 Å². The van der Waals surface area contributed by atoms with E-state index in [0.29, 0.717) is 19.4 Å². The highest BCUT2D eigenvalue weighted by Gasteiger charge is 2.09. The highest BCUT2D eigenvalue weighted by molar-refractivity contribution is 5.75. The number of hydrogen-bond acceptors (Lipinski definition) is 5. The lowest BCUT2D eigenvalue weighted by atomic mass is 10.2. The standard InChI is InChI=1S/C6H14N4O2.CH2O3/c7-4(5(11)12)2-1-3-10-6(8)9;2-1(3)4/h4H,1-3,7H2,(H,11,12)(H4,8,9,10);(H2,2,3,4)/p-1. The molecule has 94 valence electrons. The van der Waals surface area contributed by atoms with Crippen LogP contribution in [0.2, 0.25) is 0 Å². The summed E-state index contributed by atoms with van der Waals surface area (Å²) in [6, 6.07) is -0.820. The van der Waals surface area contributed by atoms with Crippen LogP contribution in [-0.2, 0) is 4.79 Å². The number of guanidine groups is 1. The van der Waals surface area contributed by atoms with Gasteiger partial charge in [0, 0.05) is 6.54 Å². The summed E-state index contributed by atoms with van der Waals surface area (Å²) in [6.07, 6.45) is -1.13. The first-order chi connectivity index (χ1) is 7.27. The van der Waals surface area contributed by atoms with E-state index < -0.39 is 18.2 Å². The molecular weight excluding hydrogens is 220 g/mol. The summed E-state index contributed by atoms with van der Waals surface area (Å²) in [4.78, 5) is 22.3. The third kappa shape index (κ3) is 17.9. The Morgan fingerprint density at radius 2 is 1.75 bits per heavy atom. The lowest BCUT2D eigenvalue weighted by molar-refractivity contribution is -0.275. The smallest absolute Gasteiger partial charge is 0.320 e. The van der Waals surface area contributed by atoms with Crippen LogP contribution in [0.25, 0.3) is 0 Å². The molecule has 0 aliphatic heterocycles. The van der Waals surface area contributed by atoms with E-state index in [1.54, 1.807) is 0 Å². The van der Waals surface area contributed by atoms with Crippen LogP contribution in [0.4, 0.5) is 4.79 Å². The van der Waals surface area contributed by atoms with Gasteiger partial charge in [0.05, 0.1) is 0 Å². The molecule has 8 N–H and O–H groups in total. The summed E-state index contributed by atoms with van der Waals surface area (Å²) in [5, 5.41) is 23.7. The molecule has 0 aromatic heterocycles. The molecule has 0 fully saturated rings. The highest BCUT2D eigenvalue weighted by Crippen LogP contribution is 1.94. The maximum Gasteiger partial charge on any atom is 0.320 e. The van der Waals surface area contributed by atoms with Gasteiger partial charge in [-0.05, 0) is 12.8 Å². The fraction of sp³-hybridized carbons (Fsp3) is 0.571. The quantitative estimate of drug-likeness (QED) is 0.194. The van der Waals surface area contributed by atoms with Crippen molar-refractivity contribution in [1.82, 2.24) is 0 Å². The summed E-state index contributed by atoms with van der Waals surface area (Å²) in [7, 11) is 0. The molecule has 16 heavy (non-hydrogen) atoms. The van der Waals surface area contributed by atoms with Gasteiger partial charge in [0.25, 0.3) is 0 Å². The Morgan fingerprint density at radius 1 is 1.31 bits per heavy atom. The molecule has 0 saturated carbocycles. The van der Waals surface area contributed by atoms with Crippen LogP contribution in [0.15, 0.2) is 4.99 Å². The Labute approximate surface area is 91.6 Å². The predicted octanol–water partition coefficient (Wildman–Crippen LogP) is -2.66. The Balaban J connectivity index is 0. The zero-order chi connectivity index (χ0) is 13.1. The van der Waals surface area contributed by atoms with Gasteiger partial charge in [0.2, 0.25) is 6.16 Å². The summed E-state index contributed by atoms with van der Waals surface area (Å²) in [6.45, 7) is 0.420.